The van der Waals surface area contributed by atoms with Crippen molar-refractivity contribution >= 4 is 29.1 Å². The second-order valence-electron chi connectivity index (χ2n) is 11.1. The Hall–Kier alpha value is -3.98. The van der Waals surface area contributed by atoms with Crippen LogP contribution in [0.2, 0.25) is 5.15 Å². The summed E-state index contributed by atoms with van der Waals surface area (Å²) in [6.07, 6.45) is 7.09. The highest BCUT2D eigenvalue weighted by Gasteiger charge is 2.26. The van der Waals surface area contributed by atoms with Gasteiger partial charge >= 0.3 is 0 Å². The van der Waals surface area contributed by atoms with Gasteiger partial charge in [0.25, 0.3) is 11.8 Å². The van der Waals surface area contributed by atoms with Gasteiger partial charge in [-0.05, 0) is 75.4 Å². The number of carbonyl (C=O) groups excluding carboxylic acids is 2. The summed E-state index contributed by atoms with van der Waals surface area (Å²) in [6.45, 7) is 7.12. The van der Waals surface area contributed by atoms with Crippen LogP contribution in [0.3, 0.4) is 0 Å². The second-order valence-corrected chi connectivity index (χ2v) is 11.5. The lowest BCUT2D eigenvalue weighted by molar-refractivity contribution is 0.0689. The zero-order valence-electron chi connectivity index (χ0n) is 22.8. The molecule has 3 heterocycles. The molecule has 1 aliphatic heterocycles. The Balaban J connectivity index is 1.14. The summed E-state index contributed by atoms with van der Waals surface area (Å²) in [4.78, 5) is 27.8. The zero-order chi connectivity index (χ0) is 28.4. The van der Waals surface area contributed by atoms with Crippen LogP contribution < -0.4 is 5.32 Å². The number of halogens is 2. The largest absolute Gasteiger partial charge is 0.338 e. The molecule has 0 aliphatic carbocycles. The van der Waals surface area contributed by atoms with E-state index in [9.17, 15) is 14.0 Å². The first-order valence-electron chi connectivity index (χ1n) is 13.3. The van der Waals surface area contributed by atoms with E-state index in [0.717, 1.165) is 24.0 Å². The molecular formula is C30H32ClFN6O2. The van der Waals surface area contributed by atoms with Gasteiger partial charge in [0.05, 0.1) is 35.2 Å². The van der Waals surface area contributed by atoms with E-state index in [-0.39, 0.29) is 34.4 Å². The van der Waals surface area contributed by atoms with E-state index in [2.05, 4.69) is 15.5 Å². The normalized spacial score (nSPS) is 14.4. The Morgan fingerprint density at radius 1 is 0.975 bits per heavy atom. The number of nitrogens with zero attached hydrogens (tertiary/aromatic N) is 5. The van der Waals surface area contributed by atoms with Crippen molar-refractivity contribution in [3.05, 3.63) is 100 Å². The van der Waals surface area contributed by atoms with Gasteiger partial charge in [0, 0.05) is 24.8 Å². The van der Waals surface area contributed by atoms with Crippen molar-refractivity contribution in [1.82, 2.24) is 24.5 Å². The number of rotatable bonds is 6. The molecule has 1 N–H and O–H groups in total. The first-order chi connectivity index (χ1) is 19.1. The molecule has 8 nitrogen and oxygen atoms in total. The monoisotopic (exact) mass is 562 g/mol. The molecule has 0 radical (unpaired) electrons. The molecule has 2 aromatic heterocycles. The summed E-state index contributed by atoms with van der Waals surface area (Å²) in [5, 5.41) is 11.9. The average Bonchev–Trinajstić information content (AvgIpc) is 3.56. The van der Waals surface area contributed by atoms with Gasteiger partial charge in [-0.1, -0.05) is 35.9 Å². The van der Waals surface area contributed by atoms with E-state index < -0.39 is 0 Å². The zero-order valence-corrected chi connectivity index (χ0v) is 23.5. The van der Waals surface area contributed by atoms with Crippen molar-refractivity contribution in [1.29, 1.82) is 0 Å². The first-order valence-corrected chi connectivity index (χ1v) is 13.7. The van der Waals surface area contributed by atoms with Gasteiger partial charge in [-0.15, -0.1) is 0 Å². The van der Waals surface area contributed by atoms with Gasteiger partial charge in [0.1, 0.15) is 11.0 Å². The Morgan fingerprint density at radius 2 is 1.60 bits per heavy atom. The fraction of sp³-hybridized carbons (Fsp3) is 0.333. The molecule has 1 saturated heterocycles. The van der Waals surface area contributed by atoms with E-state index in [1.807, 2.05) is 60.8 Å². The fourth-order valence-electron chi connectivity index (χ4n) is 4.87. The van der Waals surface area contributed by atoms with Gasteiger partial charge in [-0.25, -0.2) is 9.07 Å². The summed E-state index contributed by atoms with van der Waals surface area (Å²) in [6, 6.07) is 14.2. The number of aromatic nitrogens is 4. The molecule has 0 spiro atoms. The Bertz CT molecular complexity index is 1500. The summed E-state index contributed by atoms with van der Waals surface area (Å²) >= 11 is 6.40. The van der Waals surface area contributed by atoms with Crippen molar-refractivity contribution < 1.29 is 14.0 Å². The van der Waals surface area contributed by atoms with Crippen LogP contribution in [-0.2, 0) is 12.0 Å². The van der Waals surface area contributed by atoms with Crippen molar-refractivity contribution in [2.45, 2.75) is 51.6 Å². The number of piperidine rings is 1. The van der Waals surface area contributed by atoms with Crippen LogP contribution in [0.4, 0.5) is 10.1 Å². The lowest BCUT2D eigenvalue weighted by Crippen LogP contribution is -2.39. The van der Waals surface area contributed by atoms with Gasteiger partial charge in [0.2, 0.25) is 0 Å². The summed E-state index contributed by atoms with van der Waals surface area (Å²) in [5.41, 5.74) is 3.27. The van der Waals surface area contributed by atoms with E-state index in [1.165, 1.54) is 18.3 Å². The van der Waals surface area contributed by atoms with Crippen LogP contribution in [0.1, 0.15) is 71.5 Å². The van der Waals surface area contributed by atoms with Crippen molar-refractivity contribution in [2.24, 2.45) is 0 Å². The molecule has 5 rings (SSSR count). The molecule has 0 unspecified atom stereocenters. The van der Waals surface area contributed by atoms with Crippen LogP contribution in [0, 0.1) is 5.82 Å². The molecule has 4 aromatic rings. The minimum Gasteiger partial charge on any atom is -0.338 e. The van der Waals surface area contributed by atoms with E-state index >= 15 is 0 Å². The molecule has 40 heavy (non-hydrogen) atoms. The summed E-state index contributed by atoms with van der Waals surface area (Å²) in [7, 11) is 0. The summed E-state index contributed by atoms with van der Waals surface area (Å²) in [5.74, 6) is -0.587. The Kier molecular flexibility index (Phi) is 7.76. The third-order valence-electron chi connectivity index (χ3n) is 7.10. The van der Waals surface area contributed by atoms with Crippen LogP contribution in [0.15, 0.2) is 67.1 Å². The number of anilines is 1. The number of amides is 2. The maximum atomic E-state index is 13.1. The lowest BCUT2D eigenvalue weighted by atomic mass is 10.0. The van der Waals surface area contributed by atoms with Crippen molar-refractivity contribution in [2.75, 3.05) is 18.4 Å². The standard InChI is InChI=1S/C30H32ClFN6O2/c1-30(2,3)38-27(31)26(18-34-38)28(39)35-24-17-33-37(19-24)25-12-14-36(15-13-25)29(40)22-8-4-20(5-9-22)16-21-6-10-23(32)11-7-21/h4-11,17-19,25H,12-16H2,1-3H3,(H,35,39). The number of carbonyl (C=O) groups is 2. The van der Waals surface area contributed by atoms with Gasteiger partial charge in [-0.3, -0.25) is 14.3 Å². The predicted octanol–water partition coefficient (Wildman–Crippen LogP) is 5.95. The number of hydrogen-bond donors (Lipinski definition) is 1. The van der Waals surface area contributed by atoms with Gasteiger partial charge in [0.15, 0.2) is 0 Å². The van der Waals surface area contributed by atoms with Crippen LogP contribution in [0.5, 0.6) is 0 Å². The number of likely N-dealkylation sites (tertiary alicyclic amines) is 1. The first kappa shape index (κ1) is 27.6. The topological polar surface area (TPSA) is 85.1 Å². The molecule has 0 bridgehead atoms. The molecule has 1 fully saturated rings. The van der Waals surface area contributed by atoms with Gasteiger partial charge in [-0.2, -0.15) is 10.2 Å². The predicted molar refractivity (Wildman–Crippen MR) is 152 cm³/mol. The van der Waals surface area contributed by atoms with Crippen LogP contribution in [0.25, 0.3) is 0 Å². The third kappa shape index (κ3) is 6.09. The van der Waals surface area contributed by atoms with E-state index in [1.54, 1.807) is 23.0 Å². The molecule has 1 aliphatic rings. The molecule has 0 atom stereocenters. The quantitative estimate of drug-likeness (QED) is 0.315. The minimum atomic E-state index is -0.343. The van der Waals surface area contributed by atoms with Gasteiger partial charge < -0.3 is 10.2 Å². The van der Waals surface area contributed by atoms with Crippen LogP contribution in [-0.4, -0.2) is 49.4 Å². The molecule has 2 aromatic carbocycles. The summed E-state index contributed by atoms with van der Waals surface area (Å²) < 4.78 is 16.6. The number of nitrogens with one attached hydrogen (secondary N) is 1. The van der Waals surface area contributed by atoms with Crippen molar-refractivity contribution in [3.63, 3.8) is 0 Å². The van der Waals surface area contributed by atoms with Crippen LogP contribution >= 0.6 is 11.6 Å². The lowest BCUT2D eigenvalue weighted by Gasteiger charge is -2.32. The Morgan fingerprint density at radius 3 is 2.20 bits per heavy atom. The third-order valence-corrected chi connectivity index (χ3v) is 7.46. The highest BCUT2D eigenvalue weighted by molar-refractivity contribution is 6.33. The minimum absolute atomic E-state index is 0.00730. The molecular weight excluding hydrogens is 531 g/mol. The molecule has 208 valence electrons. The second kappa shape index (κ2) is 11.3. The number of benzene rings is 2. The molecule has 2 amide bonds. The Labute approximate surface area is 237 Å². The number of hydrogen-bond acceptors (Lipinski definition) is 4. The highest BCUT2D eigenvalue weighted by atomic mass is 35.5. The molecule has 0 saturated carbocycles. The average molecular weight is 563 g/mol. The van der Waals surface area contributed by atoms with E-state index in [4.69, 9.17) is 11.6 Å². The maximum Gasteiger partial charge on any atom is 0.260 e. The highest BCUT2D eigenvalue weighted by Crippen LogP contribution is 2.26. The molecule has 10 heteroatoms. The fourth-order valence-corrected chi connectivity index (χ4v) is 5.31. The maximum absolute atomic E-state index is 13.1. The van der Waals surface area contributed by atoms with E-state index in [0.29, 0.717) is 36.3 Å². The van der Waals surface area contributed by atoms with Crippen molar-refractivity contribution in [3.8, 4) is 0 Å². The smallest absolute Gasteiger partial charge is 0.260 e. The SMILES string of the molecule is CC(C)(C)n1ncc(C(=O)Nc2cnn(C3CCN(C(=O)c4ccc(Cc5ccc(F)cc5)cc4)CC3)c2)c1Cl.